The summed E-state index contributed by atoms with van der Waals surface area (Å²) in [6.07, 6.45) is 3.27. The normalized spacial score (nSPS) is 11.8. The van der Waals surface area contributed by atoms with Crippen molar-refractivity contribution in [1.29, 1.82) is 0 Å². The Hall–Kier alpha value is -2.88. The number of nitrogens with zero attached hydrogens (tertiary/aromatic N) is 5. The fraction of sp³-hybridized carbons (Fsp3) is 0.273. The maximum atomic E-state index is 14.3. The third-order valence-corrected chi connectivity index (χ3v) is 6.77. The summed E-state index contributed by atoms with van der Waals surface area (Å²) in [7, 11) is -1.19. The molecule has 4 aromatic rings. The minimum atomic E-state index is -1.19. The van der Waals surface area contributed by atoms with Gasteiger partial charge < -0.3 is 10.1 Å². The van der Waals surface area contributed by atoms with E-state index in [4.69, 9.17) is 16.3 Å². The zero-order valence-corrected chi connectivity index (χ0v) is 19.9. The largest absolute Gasteiger partial charge is 0.361 e. The molecule has 0 radical (unpaired) electrons. The number of pyridine rings is 1. The van der Waals surface area contributed by atoms with Crippen LogP contribution in [0.25, 0.3) is 22.4 Å². The van der Waals surface area contributed by atoms with Crippen LogP contribution >= 0.6 is 11.6 Å². The van der Waals surface area contributed by atoms with Gasteiger partial charge in [-0.05, 0) is 42.4 Å². The van der Waals surface area contributed by atoms with Crippen LogP contribution in [0.3, 0.4) is 0 Å². The maximum Gasteiger partial charge on any atom is 0.211 e. The molecular formula is C22H24ClFN6OSi. The van der Waals surface area contributed by atoms with Crippen LogP contribution in [0.1, 0.15) is 0 Å². The number of anilines is 2. The van der Waals surface area contributed by atoms with Gasteiger partial charge in [-0.3, -0.25) is 4.57 Å². The van der Waals surface area contributed by atoms with Crippen LogP contribution < -0.4 is 5.32 Å². The Balaban J connectivity index is 1.61. The summed E-state index contributed by atoms with van der Waals surface area (Å²) in [5, 5.41) is 11.7. The highest BCUT2D eigenvalue weighted by atomic mass is 35.5. The summed E-state index contributed by atoms with van der Waals surface area (Å²) in [6.45, 7) is 7.93. The molecule has 0 saturated carbocycles. The average molecular weight is 471 g/mol. The van der Waals surface area contributed by atoms with E-state index < -0.39 is 13.9 Å². The first-order valence-corrected chi connectivity index (χ1v) is 14.3. The van der Waals surface area contributed by atoms with Gasteiger partial charge in [-0.25, -0.2) is 14.4 Å². The molecule has 0 aliphatic carbocycles. The van der Waals surface area contributed by atoms with Gasteiger partial charge in [0.2, 0.25) is 5.95 Å². The highest BCUT2D eigenvalue weighted by molar-refractivity contribution is 6.76. The number of rotatable bonds is 8. The van der Waals surface area contributed by atoms with Crippen molar-refractivity contribution in [2.24, 2.45) is 0 Å². The van der Waals surface area contributed by atoms with Crippen molar-refractivity contribution in [3.8, 4) is 11.3 Å². The number of halogens is 2. The first-order chi connectivity index (χ1) is 15.3. The Morgan fingerprint density at radius 1 is 1.19 bits per heavy atom. The van der Waals surface area contributed by atoms with Crippen molar-refractivity contribution < 1.29 is 9.13 Å². The SMILES string of the molecule is C[Si](C)(C)CCOCn1c(Nc2cnnc(-c3cc(Cl)ccc3F)c2)nc2cccnc21. The molecule has 4 rings (SSSR count). The van der Waals surface area contributed by atoms with E-state index in [1.807, 2.05) is 16.7 Å². The summed E-state index contributed by atoms with van der Waals surface area (Å²) >= 11 is 6.03. The van der Waals surface area contributed by atoms with E-state index in [2.05, 4.69) is 45.1 Å². The molecule has 0 saturated heterocycles. The number of benzene rings is 1. The molecule has 10 heteroatoms. The van der Waals surface area contributed by atoms with E-state index in [-0.39, 0.29) is 5.56 Å². The third kappa shape index (κ3) is 5.29. The minimum Gasteiger partial charge on any atom is -0.361 e. The van der Waals surface area contributed by atoms with Crippen LogP contribution in [0.4, 0.5) is 16.0 Å². The number of ether oxygens (including phenoxy) is 1. The number of aromatic nitrogens is 5. The molecule has 0 fully saturated rings. The summed E-state index contributed by atoms with van der Waals surface area (Å²) in [4.78, 5) is 9.10. The van der Waals surface area contributed by atoms with Crippen molar-refractivity contribution >= 4 is 42.5 Å². The molecule has 0 spiro atoms. The Morgan fingerprint density at radius 3 is 2.84 bits per heavy atom. The summed E-state index contributed by atoms with van der Waals surface area (Å²) < 4.78 is 22.1. The molecule has 0 aliphatic heterocycles. The lowest BCUT2D eigenvalue weighted by Gasteiger charge is -2.16. The molecular weight excluding hydrogens is 447 g/mol. The van der Waals surface area contributed by atoms with Crippen molar-refractivity contribution in [2.45, 2.75) is 32.4 Å². The Morgan fingerprint density at radius 2 is 2.03 bits per heavy atom. The van der Waals surface area contributed by atoms with Crippen molar-refractivity contribution in [3.63, 3.8) is 0 Å². The van der Waals surface area contributed by atoms with Gasteiger partial charge in [-0.2, -0.15) is 10.2 Å². The molecule has 1 aromatic carbocycles. The number of imidazole rings is 1. The second kappa shape index (κ2) is 9.31. The highest BCUT2D eigenvalue weighted by Crippen LogP contribution is 2.27. The molecule has 0 unspecified atom stereocenters. The van der Waals surface area contributed by atoms with Crippen LogP contribution in [0, 0.1) is 5.82 Å². The maximum absolute atomic E-state index is 14.3. The number of hydrogen-bond acceptors (Lipinski definition) is 6. The molecule has 32 heavy (non-hydrogen) atoms. The molecule has 0 bridgehead atoms. The highest BCUT2D eigenvalue weighted by Gasteiger charge is 2.16. The smallest absolute Gasteiger partial charge is 0.211 e. The summed E-state index contributed by atoms with van der Waals surface area (Å²) in [5.41, 5.74) is 2.70. The lowest BCUT2D eigenvalue weighted by Crippen LogP contribution is -2.22. The van der Waals surface area contributed by atoms with E-state index in [9.17, 15) is 4.39 Å². The number of nitrogens with one attached hydrogen (secondary N) is 1. The van der Waals surface area contributed by atoms with Gasteiger partial charge in [0.25, 0.3) is 0 Å². The lowest BCUT2D eigenvalue weighted by atomic mass is 10.1. The van der Waals surface area contributed by atoms with Gasteiger partial charge >= 0.3 is 0 Å². The first kappa shape index (κ1) is 22.3. The number of fused-ring (bicyclic) bond motifs is 1. The average Bonchev–Trinajstić information content (AvgIpc) is 3.09. The third-order valence-electron chi connectivity index (χ3n) is 4.84. The Labute approximate surface area is 191 Å². The zero-order valence-electron chi connectivity index (χ0n) is 18.1. The first-order valence-electron chi connectivity index (χ1n) is 10.2. The van der Waals surface area contributed by atoms with Gasteiger partial charge in [0.1, 0.15) is 18.1 Å². The summed E-state index contributed by atoms with van der Waals surface area (Å²) in [6, 6.07) is 10.8. The molecule has 166 valence electrons. The molecule has 0 aliphatic rings. The van der Waals surface area contributed by atoms with Crippen LogP contribution in [0.5, 0.6) is 0 Å². The fourth-order valence-corrected chi connectivity index (χ4v) is 4.03. The van der Waals surface area contributed by atoms with E-state index in [1.54, 1.807) is 18.5 Å². The molecule has 3 aromatic heterocycles. The molecule has 3 heterocycles. The predicted molar refractivity (Wildman–Crippen MR) is 127 cm³/mol. The monoisotopic (exact) mass is 470 g/mol. The molecule has 1 N–H and O–H groups in total. The lowest BCUT2D eigenvalue weighted by molar-refractivity contribution is 0.0909. The quantitative estimate of drug-likeness (QED) is 0.261. The molecule has 7 nitrogen and oxygen atoms in total. The van der Waals surface area contributed by atoms with Crippen LogP contribution in [0.15, 0.2) is 48.8 Å². The molecule has 0 amide bonds. The minimum absolute atomic E-state index is 0.276. The topological polar surface area (TPSA) is 77.8 Å². The van der Waals surface area contributed by atoms with Crippen LogP contribution in [-0.2, 0) is 11.5 Å². The van der Waals surface area contributed by atoms with E-state index in [0.29, 0.717) is 41.3 Å². The van der Waals surface area contributed by atoms with Gasteiger partial charge in [0.05, 0.1) is 17.6 Å². The van der Waals surface area contributed by atoms with Crippen molar-refractivity contribution in [3.05, 3.63) is 59.6 Å². The zero-order chi connectivity index (χ0) is 22.7. The summed E-state index contributed by atoms with van der Waals surface area (Å²) in [5.74, 6) is 0.130. The van der Waals surface area contributed by atoms with E-state index in [1.165, 1.54) is 18.2 Å². The van der Waals surface area contributed by atoms with Crippen LogP contribution in [0.2, 0.25) is 30.7 Å². The second-order valence-corrected chi connectivity index (χ2v) is 14.7. The molecule has 0 atom stereocenters. The van der Waals surface area contributed by atoms with Crippen LogP contribution in [-0.4, -0.2) is 39.4 Å². The van der Waals surface area contributed by atoms with Crippen molar-refractivity contribution in [2.75, 3.05) is 11.9 Å². The van der Waals surface area contributed by atoms with E-state index >= 15 is 0 Å². The fourth-order valence-electron chi connectivity index (χ4n) is 3.10. The predicted octanol–water partition coefficient (Wildman–Crippen LogP) is 5.74. The second-order valence-electron chi connectivity index (χ2n) is 8.64. The van der Waals surface area contributed by atoms with Gasteiger partial charge in [0.15, 0.2) is 5.65 Å². The van der Waals surface area contributed by atoms with E-state index in [0.717, 1.165) is 11.6 Å². The van der Waals surface area contributed by atoms with Crippen molar-refractivity contribution in [1.82, 2.24) is 24.7 Å². The van der Waals surface area contributed by atoms with Gasteiger partial charge in [-0.15, -0.1) is 0 Å². The van der Waals surface area contributed by atoms with Gasteiger partial charge in [0, 0.05) is 31.5 Å². The Bertz CT molecular complexity index is 1240. The standard InChI is InChI=1S/C22H24ClFN6OSi/c1-32(2,3)10-9-31-14-30-21-19(5-4-8-25-21)28-22(30)27-16-12-20(29-26-13-16)17-11-15(23)6-7-18(17)24/h4-8,11-13H,9-10,14H2,1-3H3,(H,27,28,29). The van der Waals surface area contributed by atoms with Gasteiger partial charge in [-0.1, -0.05) is 31.2 Å². The Kier molecular flexibility index (Phi) is 6.49. The number of hydrogen-bond donors (Lipinski definition) is 1.